The maximum Gasteiger partial charge on any atom is 0.120 e. The first-order valence-electron chi connectivity index (χ1n) is 5.59. The van der Waals surface area contributed by atoms with E-state index in [1.54, 1.807) is 12.2 Å². The molecule has 0 aromatic heterocycles. The van der Waals surface area contributed by atoms with Gasteiger partial charge in [0.25, 0.3) is 0 Å². The highest BCUT2D eigenvalue weighted by Crippen LogP contribution is 2.18. The molecule has 0 bridgehead atoms. The van der Waals surface area contributed by atoms with Crippen LogP contribution >= 0.6 is 0 Å². The third-order valence-electron chi connectivity index (χ3n) is 2.13. The lowest BCUT2D eigenvalue weighted by molar-refractivity contribution is 0.335. The third kappa shape index (κ3) is 4.60. The topological polar surface area (TPSA) is 18.5 Å². The van der Waals surface area contributed by atoms with Crippen molar-refractivity contribution >= 4 is 0 Å². The lowest BCUT2D eigenvalue weighted by Crippen LogP contribution is -1.99. The van der Waals surface area contributed by atoms with Gasteiger partial charge in [-0.1, -0.05) is 31.4 Å². The minimum atomic E-state index is 0.490. The lowest BCUT2D eigenvalue weighted by atomic mass is 10.2. The van der Waals surface area contributed by atoms with Gasteiger partial charge in [0.05, 0.1) is 6.61 Å². The fourth-order valence-corrected chi connectivity index (χ4v) is 1.29. The first kappa shape index (κ1) is 13.1. The molecule has 0 heterocycles. The summed E-state index contributed by atoms with van der Waals surface area (Å²) in [4.78, 5) is 0. The van der Waals surface area contributed by atoms with Gasteiger partial charge < -0.3 is 9.47 Å². The Bertz CT molecular complexity index is 388. The van der Waals surface area contributed by atoms with Crippen LogP contribution in [0.2, 0.25) is 0 Å². The number of rotatable bonds is 7. The minimum absolute atomic E-state index is 0.490. The van der Waals surface area contributed by atoms with Crippen LogP contribution in [0.15, 0.2) is 61.2 Å². The van der Waals surface area contributed by atoms with E-state index in [0.29, 0.717) is 13.2 Å². The highest BCUT2D eigenvalue weighted by Gasteiger charge is 1.96. The molecule has 0 aliphatic carbocycles. The van der Waals surface area contributed by atoms with Crippen LogP contribution in [0, 0.1) is 0 Å². The molecule has 1 aromatic carbocycles. The summed E-state index contributed by atoms with van der Waals surface area (Å²) in [6.45, 7) is 10.5. The molecule has 2 nitrogen and oxygen atoms in total. The van der Waals surface area contributed by atoms with Crippen LogP contribution in [-0.4, -0.2) is 13.2 Å². The number of hydrogen-bond donors (Lipinski definition) is 0. The van der Waals surface area contributed by atoms with E-state index in [1.807, 2.05) is 37.3 Å². The van der Waals surface area contributed by atoms with Crippen molar-refractivity contribution in [2.75, 3.05) is 13.2 Å². The van der Waals surface area contributed by atoms with Crippen LogP contribution in [0.5, 0.6) is 11.5 Å². The van der Waals surface area contributed by atoms with E-state index in [4.69, 9.17) is 9.47 Å². The van der Waals surface area contributed by atoms with Crippen LogP contribution < -0.4 is 9.47 Å². The van der Waals surface area contributed by atoms with E-state index in [9.17, 15) is 0 Å². The maximum atomic E-state index is 5.60. The van der Waals surface area contributed by atoms with Gasteiger partial charge in [0.15, 0.2) is 0 Å². The molecule has 0 fully saturated rings. The number of allylic oxidation sites excluding steroid dienone is 2. The third-order valence-corrected chi connectivity index (χ3v) is 2.13. The van der Waals surface area contributed by atoms with Gasteiger partial charge in [0, 0.05) is 0 Å². The van der Waals surface area contributed by atoms with E-state index in [1.165, 1.54) is 0 Å². The number of ether oxygens (including phenoxy) is 2. The largest absolute Gasteiger partial charge is 0.494 e. The van der Waals surface area contributed by atoms with E-state index in [-0.39, 0.29) is 0 Å². The van der Waals surface area contributed by atoms with Crippen molar-refractivity contribution in [3.05, 3.63) is 61.2 Å². The van der Waals surface area contributed by atoms with Gasteiger partial charge in [-0.25, -0.2) is 0 Å². The van der Waals surface area contributed by atoms with Crippen LogP contribution in [-0.2, 0) is 0 Å². The highest BCUT2D eigenvalue weighted by molar-refractivity contribution is 5.32. The molecule has 2 heteroatoms. The fraction of sp³-hybridized carbons (Fsp3) is 0.200. The van der Waals surface area contributed by atoms with E-state index in [2.05, 4.69) is 13.2 Å². The summed E-state index contributed by atoms with van der Waals surface area (Å²) in [5.41, 5.74) is 0.994. The molecule has 0 spiro atoms. The molecule has 1 rings (SSSR count). The maximum absolute atomic E-state index is 5.60. The second-order valence-corrected chi connectivity index (χ2v) is 3.37. The molecule has 0 saturated carbocycles. The Kier molecular flexibility index (Phi) is 5.66. The Hall–Kier alpha value is -1.96. The van der Waals surface area contributed by atoms with Crippen molar-refractivity contribution in [3.8, 4) is 11.5 Å². The molecule has 0 N–H and O–H groups in total. The second-order valence-electron chi connectivity index (χ2n) is 3.37. The van der Waals surface area contributed by atoms with E-state index in [0.717, 1.165) is 17.1 Å². The standard InChI is InChI=1S/C15H18O2/c1-4-7-13(5-2)12-17-15-10-8-14(9-11-15)16-6-3/h4-5,7-11H,1-2,6,12H2,3H3. The minimum Gasteiger partial charge on any atom is -0.494 e. The molecular weight excluding hydrogens is 212 g/mol. The highest BCUT2D eigenvalue weighted by atomic mass is 16.5. The van der Waals surface area contributed by atoms with Gasteiger partial charge in [-0.05, 0) is 36.8 Å². The van der Waals surface area contributed by atoms with Crippen molar-refractivity contribution in [3.63, 3.8) is 0 Å². The first-order chi connectivity index (χ1) is 8.30. The summed E-state index contributed by atoms with van der Waals surface area (Å²) in [6.07, 6.45) is 5.36. The Morgan fingerprint density at radius 1 is 1.12 bits per heavy atom. The summed E-state index contributed by atoms with van der Waals surface area (Å²) in [7, 11) is 0. The summed E-state index contributed by atoms with van der Waals surface area (Å²) in [5.74, 6) is 1.66. The quantitative estimate of drug-likeness (QED) is 0.664. The van der Waals surface area contributed by atoms with Gasteiger partial charge in [0.2, 0.25) is 0 Å². The van der Waals surface area contributed by atoms with Gasteiger partial charge in [-0.2, -0.15) is 0 Å². The van der Waals surface area contributed by atoms with Gasteiger partial charge in [-0.3, -0.25) is 0 Å². The Morgan fingerprint density at radius 3 is 2.18 bits per heavy atom. The first-order valence-corrected chi connectivity index (χ1v) is 5.59. The normalized spacial score (nSPS) is 10.8. The van der Waals surface area contributed by atoms with Crippen molar-refractivity contribution in [1.29, 1.82) is 0 Å². The van der Waals surface area contributed by atoms with Gasteiger partial charge in [-0.15, -0.1) is 0 Å². The second kappa shape index (κ2) is 7.34. The van der Waals surface area contributed by atoms with Gasteiger partial charge in [0.1, 0.15) is 18.1 Å². The predicted molar refractivity (Wildman–Crippen MR) is 71.6 cm³/mol. The van der Waals surface area contributed by atoms with Crippen molar-refractivity contribution in [2.45, 2.75) is 6.92 Å². The van der Waals surface area contributed by atoms with Crippen LogP contribution in [0.3, 0.4) is 0 Å². The van der Waals surface area contributed by atoms with Crippen molar-refractivity contribution in [2.24, 2.45) is 0 Å². The van der Waals surface area contributed by atoms with Crippen LogP contribution in [0.4, 0.5) is 0 Å². The van der Waals surface area contributed by atoms with Crippen molar-refractivity contribution < 1.29 is 9.47 Å². The Morgan fingerprint density at radius 2 is 1.71 bits per heavy atom. The molecule has 0 amide bonds. The number of hydrogen-bond acceptors (Lipinski definition) is 2. The summed E-state index contributed by atoms with van der Waals surface area (Å²) in [5, 5.41) is 0. The average Bonchev–Trinajstić information content (AvgIpc) is 2.36. The van der Waals surface area contributed by atoms with Gasteiger partial charge >= 0.3 is 0 Å². The Labute approximate surface area is 103 Å². The molecular formula is C15H18O2. The number of benzene rings is 1. The summed E-state index contributed by atoms with van der Waals surface area (Å²) >= 11 is 0. The zero-order valence-corrected chi connectivity index (χ0v) is 10.2. The van der Waals surface area contributed by atoms with Crippen LogP contribution in [0.1, 0.15) is 6.92 Å². The molecule has 17 heavy (non-hydrogen) atoms. The summed E-state index contributed by atoms with van der Waals surface area (Å²) < 4.78 is 11.0. The van der Waals surface area contributed by atoms with E-state index >= 15 is 0 Å². The molecule has 0 aliphatic rings. The zero-order valence-electron chi connectivity index (χ0n) is 10.2. The molecule has 0 aliphatic heterocycles. The van der Waals surface area contributed by atoms with Crippen molar-refractivity contribution in [1.82, 2.24) is 0 Å². The fourth-order valence-electron chi connectivity index (χ4n) is 1.29. The zero-order chi connectivity index (χ0) is 12.5. The summed E-state index contributed by atoms with van der Waals surface area (Å²) in [6, 6.07) is 7.56. The predicted octanol–water partition coefficient (Wildman–Crippen LogP) is 3.76. The molecule has 1 aromatic rings. The lowest BCUT2D eigenvalue weighted by Gasteiger charge is -2.08. The SMILES string of the molecule is C=CC=C(C=C)COc1ccc(OCC)cc1. The molecule has 0 unspecified atom stereocenters. The van der Waals surface area contributed by atoms with E-state index < -0.39 is 0 Å². The Balaban J connectivity index is 2.54. The molecule has 0 atom stereocenters. The average molecular weight is 230 g/mol. The molecule has 90 valence electrons. The monoisotopic (exact) mass is 230 g/mol. The molecule has 0 saturated heterocycles. The smallest absolute Gasteiger partial charge is 0.120 e. The molecule has 0 radical (unpaired) electrons. The van der Waals surface area contributed by atoms with Crippen LogP contribution in [0.25, 0.3) is 0 Å².